The summed E-state index contributed by atoms with van der Waals surface area (Å²) in [6.45, 7) is 8.26. The quantitative estimate of drug-likeness (QED) is 0.734. The Morgan fingerprint density at radius 2 is 1.58 bits per heavy atom. The van der Waals surface area contributed by atoms with E-state index in [9.17, 15) is 0 Å². The molecule has 1 aliphatic rings. The number of aromatic nitrogens is 1. The Morgan fingerprint density at radius 1 is 0.947 bits per heavy atom. The third kappa shape index (κ3) is 1.95. The van der Waals surface area contributed by atoms with Gasteiger partial charge in [-0.05, 0) is 50.7 Å². The highest BCUT2D eigenvalue weighted by molar-refractivity contribution is 6.65. The summed E-state index contributed by atoms with van der Waals surface area (Å²) in [6, 6.07) is 10.0. The standard InChI is InChI=1S/C15H18BNO2/c1-14(2)15(3,4)19-16(18-14)12-9-10-17-13-8-6-5-7-11(12)13/h5-10H,1-4H3. The highest BCUT2D eigenvalue weighted by Gasteiger charge is 2.52. The van der Waals surface area contributed by atoms with Crippen molar-refractivity contribution >= 4 is 23.5 Å². The lowest BCUT2D eigenvalue weighted by molar-refractivity contribution is 0.00578. The number of pyridine rings is 1. The van der Waals surface area contributed by atoms with Crippen LogP contribution in [0.15, 0.2) is 36.5 Å². The fourth-order valence-corrected chi connectivity index (χ4v) is 2.29. The smallest absolute Gasteiger partial charge is 0.399 e. The van der Waals surface area contributed by atoms with Crippen LogP contribution in [0.2, 0.25) is 0 Å². The van der Waals surface area contributed by atoms with Crippen molar-refractivity contribution in [1.82, 2.24) is 4.98 Å². The van der Waals surface area contributed by atoms with Crippen LogP contribution < -0.4 is 5.46 Å². The van der Waals surface area contributed by atoms with E-state index in [1.165, 1.54) is 0 Å². The molecule has 0 N–H and O–H groups in total. The highest BCUT2D eigenvalue weighted by atomic mass is 16.7. The monoisotopic (exact) mass is 255 g/mol. The average Bonchev–Trinajstić information content (AvgIpc) is 2.58. The van der Waals surface area contributed by atoms with E-state index >= 15 is 0 Å². The largest absolute Gasteiger partial charge is 0.495 e. The summed E-state index contributed by atoms with van der Waals surface area (Å²) in [5.41, 5.74) is 1.38. The summed E-state index contributed by atoms with van der Waals surface area (Å²) in [7, 11) is -0.335. The van der Waals surface area contributed by atoms with Gasteiger partial charge in [-0.2, -0.15) is 0 Å². The molecule has 1 saturated heterocycles. The second-order valence-corrected chi connectivity index (χ2v) is 6.01. The maximum Gasteiger partial charge on any atom is 0.495 e. The molecule has 0 amide bonds. The minimum Gasteiger partial charge on any atom is -0.399 e. The van der Waals surface area contributed by atoms with Gasteiger partial charge in [-0.15, -0.1) is 0 Å². The van der Waals surface area contributed by atoms with Crippen molar-refractivity contribution < 1.29 is 9.31 Å². The number of hydrogen-bond donors (Lipinski definition) is 0. The Morgan fingerprint density at radius 3 is 2.26 bits per heavy atom. The molecule has 0 radical (unpaired) electrons. The molecule has 3 nitrogen and oxygen atoms in total. The molecule has 0 spiro atoms. The van der Waals surface area contributed by atoms with Crippen molar-refractivity contribution in [3.63, 3.8) is 0 Å². The van der Waals surface area contributed by atoms with Gasteiger partial charge < -0.3 is 9.31 Å². The van der Waals surface area contributed by atoms with Crippen molar-refractivity contribution in [2.75, 3.05) is 0 Å². The minimum atomic E-state index is -0.335. The van der Waals surface area contributed by atoms with Gasteiger partial charge in [-0.3, -0.25) is 4.98 Å². The fourth-order valence-electron chi connectivity index (χ4n) is 2.29. The molecule has 1 aromatic carbocycles. The van der Waals surface area contributed by atoms with Gasteiger partial charge in [0.2, 0.25) is 0 Å². The molecule has 19 heavy (non-hydrogen) atoms. The van der Waals surface area contributed by atoms with Crippen molar-refractivity contribution in [2.45, 2.75) is 38.9 Å². The van der Waals surface area contributed by atoms with Crippen LogP contribution in [0.1, 0.15) is 27.7 Å². The maximum atomic E-state index is 6.11. The van der Waals surface area contributed by atoms with E-state index in [1.54, 1.807) is 0 Å². The highest BCUT2D eigenvalue weighted by Crippen LogP contribution is 2.36. The normalized spacial score (nSPS) is 20.9. The number of hydrogen-bond acceptors (Lipinski definition) is 3. The van der Waals surface area contributed by atoms with Crippen LogP contribution in [0.3, 0.4) is 0 Å². The molecule has 1 aromatic heterocycles. The average molecular weight is 255 g/mol. The van der Waals surface area contributed by atoms with Gasteiger partial charge in [0.05, 0.1) is 16.7 Å². The van der Waals surface area contributed by atoms with Gasteiger partial charge in [-0.25, -0.2) is 0 Å². The van der Waals surface area contributed by atoms with Gasteiger partial charge in [0.1, 0.15) is 0 Å². The lowest BCUT2D eigenvalue weighted by atomic mass is 9.77. The molecule has 98 valence electrons. The molecule has 0 unspecified atom stereocenters. The topological polar surface area (TPSA) is 31.4 Å². The number of nitrogens with zero attached hydrogens (tertiary/aromatic N) is 1. The third-order valence-corrected chi connectivity index (χ3v) is 4.19. The third-order valence-electron chi connectivity index (χ3n) is 4.19. The van der Waals surface area contributed by atoms with Gasteiger partial charge in [0.25, 0.3) is 0 Å². The summed E-state index contributed by atoms with van der Waals surface area (Å²) in [5.74, 6) is 0. The number of rotatable bonds is 1. The Kier molecular flexibility index (Phi) is 2.70. The van der Waals surface area contributed by atoms with Crippen LogP contribution in [0.25, 0.3) is 10.9 Å². The lowest BCUT2D eigenvalue weighted by Gasteiger charge is -2.32. The second kappa shape index (κ2) is 4.05. The number of fused-ring (bicyclic) bond motifs is 1. The summed E-state index contributed by atoms with van der Waals surface area (Å²) in [4.78, 5) is 4.37. The van der Waals surface area contributed by atoms with Crippen LogP contribution in [-0.4, -0.2) is 23.3 Å². The number of benzene rings is 1. The SMILES string of the molecule is CC1(C)OB(c2ccnc3ccccc23)OC1(C)C. The first-order valence-electron chi connectivity index (χ1n) is 6.60. The van der Waals surface area contributed by atoms with Crippen LogP contribution in [-0.2, 0) is 9.31 Å². The Balaban J connectivity index is 2.08. The Hall–Kier alpha value is -1.39. The lowest BCUT2D eigenvalue weighted by Crippen LogP contribution is -2.41. The zero-order valence-electron chi connectivity index (χ0n) is 11.8. The van der Waals surface area contributed by atoms with E-state index in [4.69, 9.17) is 9.31 Å². The summed E-state index contributed by atoms with van der Waals surface area (Å²) in [5, 5.41) is 1.09. The predicted octanol–water partition coefficient (Wildman–Crippen LogP) is 2.53. The van der Waals surface area contributed by atoms with E-state index in [0.29, 0.717) is 0 Å². The van der Waals surface area contributed by atoms with E-state index in [2.05, 4.69) is 38.7 Å². The minimum absolute atomic E-state index is 0.317. The molecule has 0 atom stereocenters. The molecule has 0 aliphatic carbocycles. The van der Waals surface area contributed by atoms with Gasteiger partial charge in [0.15, 0.2) is 0 Å². The van der Waals surface area contributed by atoms with Crippen molar-refractivity contribution in [3.8, 4) is 0 Å². The molecule has 3 rings (SSSR count). The first-order chi connectivity index (χ1) is 8.91. The molecule has 1 fully saturated rings. The van der Waals surface area contributed by atoms with Crippen molar-refractivity contribution in [3.05, 3.63) is 36.5 Å². The molecule has 2 aromatic rings. The molecule has 2 heterocycles. The summed E-state index contributed by atoms with van der Waals surface area (Å²) >= 11 is 0. The van der Waals surface area contributed by atoms with E-state index in [1.807, 2.05) is 30.5 Å². The zero-order chi connectivity index (χ0) is 13.7. The molecular weight excluding hydrogens is 237 g/mol. The molecular formula is C15H18BNO2. The molecule has 1 aliphatic heterocycles. The fraction of sp³-hybridized carbons (Fsp3) is 0.400. The molecule has 0 bridgehead atoms. The van der Waals surface area contributed by atoms with Gasteiger partial charge in [0, 0.05) is 6.20 Å². The first-order valence-corrected chi connectivity index (χ1v) is 6.60. The van der Waals surface area contributed by atoms with Gasteiger partial charge in [-0.1, -0.05) is 18.2 Å². The zero-order valence-corrected chi connectivity index (χ0v) is 11.8. The van der Waals surface area contributed by atoms with Crippen LogP contribution in [0, 0.1) is 0 Å². The van der Waals surface area contributed by atoms with E-state index in [-0.39, 0.29) is 18.3 Å². The number of para-hydroxylation sites is 1. The van der Waals surface area contributed by atoms with E-state index in [0.717, 1.165) is 16.4 Å². The second-order valence-electron chi connectivity index (χ2n) is 6.01. The predicted molar refractivity (Wildman–Crippen MR) is 77.5 cm³/mol. The Bertz CT molecular complexity index is 603. The van der Waals surface area contributed by atoms with E-state index < -0.39 is 0 Å². The van der Waals surface area contributed by atoms with Crippen molar-refractivity contribution in [1.29, 1.82) is 0 Å². The van der Waals surface area contributed by atoms with Crippen molar-refractivity contribution in [2.24, 2.45) is 0 Å². The maximum absolute atomic E-state index is 6.11. The summed E-state index contributed by atoms with van der Waals surface area (Å²) < 4.78 is 12.2. The molecule has 4 heteroatoms. The van der Waals surface area contributed by atoms with Gasteiger partial charge >= 0.3 is 7.12 Å². The van der Waals surface area contributed by atoms with Crippen LogP contribution >= 0.6 is 0 Å². The first kappa shape index (κ1) is 12.6. The molecule has 0 saturated carbocycles. The van der Waals surface area contributed by atoms with Crippen LogP contribution in [0.4, 0.5) is 0 Å². The Labute approximate surface area is 114 Å². The summed E-state index contributed by atoms with van der Waals surface area (Å²) in [6.07, 6.45) is 1.81. The van der Waals surface area contributed by atoms with Crippen LogP contribution in [0.5, 0.6) is 0 Å².